The summed E-state index contributed by atoms with van der Waals surface area (Å²) in [5.41, 5.74) is 3.43. The maximum absolute atomic E-state index is 12.4. The van der Waals surface area contributed by atoms with Crippen LogP contribution < -0.4 is 10.6 Å². The van der Waals surface area contributed by atoms with Crippen LogP contribution in [0, 0.1) is 0 Å². The predicted molar refractivity (Wildman–Crippen MR) is 94.8 cm³/mol. The number of hydrogen-bond acceptors (Lipinski definition) is 2. The number of aryl methyl sites for hydroxylation is 1. The fraction of sp³-hybridized carbons (Fsp3) is 0.316. The summed E-state index contributed by atoms with van der Waals surface area (Å²) in [6.45, 7) is 1.90. The lowest BCUT2D eigenvalue weighted by molar-refractivity contribution is -0.118. The fourth-order valence-corrected chi connectivity index (χ4v) is 3.31. The molecule has 0 saturated heterocycles. The normalized spacial score (nSPS) is 18.1. The molecule has 4 heteroatoms. The summed E-state index contributed by atoms with van der Waals surface area (Å²) >= 11 is 5.95. The summed E-state index contributed by atoms with van der Waals surface area (Å²) in [6, 6.07) is 15.7. The molecular weight excluding hydrogens is 308 g/mol. The van der Waals surface area contributed by atoms with Gasteiger partial charge in [0, 0.05) is 16.8 Å². The van der Waals surface area contributed by atoms with E-state index in [1.165, 1.54) is 11.1 Å². The zero-order chi connectivity index (χ0) is 16.2. The highest BCUT2D eigenvalue weighted by Crippen LogP contribution is 2.29. The molecular formula is C19H21ClN2O. The van der Waals surface area contributed by atoms with Gasteiger partial charge in [-0.3, -0.25) is 10.1 Å². The molecule has 0 aliphatic heterocycles. The zero-order valence-electron chi connectivity index (χ0n) is 13.2. The van der Waals surface area contributed by atoms with E-state index in [9.17, 15) is 4.79 Å². The topological polar surface area (TPSA) is 41.1 Å². The van der Waals surface area contributed by atoms with Crippen LogP contribution in [0.1, 0.15) is 36.9 Å². The quantitative estimate of drug-likeness (QED) is 0.876. The lowest BCUT2D eigenvalue weighted by Crippen LogP contribution is -2.41. The Bertz CT molecular complexity index is 701. The third-order valence-corrected chi connectivity index (χ3v) is 4.54. The van der Waals surface area contributed by atoms with Crippen LogP contribution in [0.15, 0.2) is 48.5 Å². The summed E-state index contributed by atoms with van der Waals surface area (Å²) < 4.78 is 0. The first-order chi connectivity index (χ1) is 11.1. The van der Waals surface area contributed by atoms with Crippen molar-refractivity contribution in [3.63, 3.8) is 0 Å². The van der Waals surface area contributed by atoms with E-state index in [0.717, 1.165) is 24.9 Å². The van der Waals surface area contributed by atoms with E-state index in [1.54, 1.807) is 12.1 Å². The van der Waals surface area contributed by atoms with Gasteiger partial charge < -0.3 is 5.32 Å². The average Bonchev–Trinajstić information content (AvgIpc) is 2.55. The molecule has 0 radical (unpaired) electrons. The van der Waals surface area contributed by atoms with Crippen LogP contribution in [0.25, 0.3) is 0 Å². The molecule has 0 fully saturated rings. The lowest BCUT2D eigenvalue weighted by atomic mass is 9.87. The maximum atomic E-state index is 12.4. The highest BCUT2D eigenvalue weighted by molar-refractivity contribution is 6.30. The molecule has 1 aliphatic carbocycles. The van der Waals surface area contributed by atoms with E-state index in [0.29, 0.717) is 5.02 Å². The molecule has 1 aliphatic rings. The Morgan fingerprint density at radius 3 is 2.87 bits per heavy atom. The Morgan fingerprint density at radius 2 is 2.04 bits per heavy atom. The molecule has 23 heavy (non-hydrogen) atoms. The van der Waals surface area contributed by atoms with Crippen LogP contribution in [-0.2, 0) is 11.2 Å². The number of amides is 1. The minimum atomic E-state index is -0.273. The van der Waals surface area contributed by atoms with Gasteiger partial charge in [-0.2, -0.15) is 0 Å². The summed E-state index contributed by atoms with van der Waals surface area (Å²) in [7, 11) is 0. The molecule has 3 nitrogen and oxygen atoms in total. The lowest BCUT2D eigenvalue weighted by Gasteiger charge is -2.28. The summed E-state index contributed by atoms with van der Waals surface area (Å²) in [5, 5.41) is 6.99. The minimum absolute atomic E-state index is 0.0460. The zero-order valence-corrected chi connectivity index (χ0v) is 13.9. The van der Waals surface area contributed by atoms with Crippen molar-refractivity contribution < 1.29 is 4.79 Å². The van der Waals surface area contributed by atoms with Crippen LogP contribution in [-0.4, -0.2) is 11.9 Å². The smallest absolute Gasteiger partial charge is 0.241 e. The Morgan fingerprint density at radius 1 is 1.22 bits per heavy atom. The number of anilines is 1. The molecule has 2 aromatic rings. The summed E-state index contributed by atoms with van der Waals surface area (Å²) in [5.74, 6) is -0.0460. The van der Waals surface area contributed by atoms with Crippen LogP contribution in [0.2, 0.25) is 5.02 Å². The number of rotatable bonds is 4. The monoisotopic (exact) mass is 328 g/mol. The molecule has 2 atom stereocenters. The van der Waals surface area contributed by atoms with E-state index in [2.05, 4.69) is 34.9 Å². The third kappa shape index (κ3) is 3.92. The van der Waals surface area contributed by atoms with Crippen LogP contribution in [0.3, 0.4) is 0 Å². The fourth-order valence-electron chi connectivity index (χ4n) is 3.12. The number of hydrogen-bond donors (Lipinski definition) is 2. The molecule has 120 valence electrons. The van der Waals surface area contributed by atoms with Gasteiger partial charge in [0.15, 0.2) is 0 Å². The van der Waals surface area contributed by atoms with Crippen LogP contribution in [0.4, 0.5) is 5.69 Å². The van der Waals surface area contributed by atoms with E-state index in [-0.39, 0.29) is 18.0 Å². The van der Waals surface area contributed by atoms with E-state index in [4.69, 9.17) is 11.6 Å². The van der Waals surface area contributed by atoms with Crippen molar-refractivity contribution >= 4 is 23.2 Å². The Kier molecular flexibility index (Phi) is 4.99. The average molecular weight is 329 g/mol. The predicted octanol–water partition coefficient (Wildman–Crippen LogP) is 4.33. The highest BCUT2D eigenvalue weighted by Gasteiger charge is 2.23. The molecule has 0 heterocycles. The van der Waals surface area contributed by atoms with Gasteiger partial charge in [-0.15, -0.1) is 0 Å². The molecule has 2 aromatic carbocycles. The second-order valence-corrected chi connectivity index (χ2v) is 6.47. The van der Waals surface area contributed by atoms with Crippen LogP contribution in [0.5, 0.6) is 0 Å². The van der Waals surface area contributed by atoms with Gasteiger partial charge in [0.25, 0.3) is 0 Å². The van der Waals surface area contributed by atoms with Gasteiger partial charge in [0.1, 0.15) is 0 Å². The van der Waals surface area contributed by atoms with Gasteiger partial charge in [0.05, 0.1) is 6.04 Å². The molecule has 2 N–H and O–H groups in total. The number of fused-ring (bicyclic) bond motifs is 1. The third-order valence-electron chi connectivity index (χ3n) is 4.31. The highest BCUT2D eigenvalue weighted by atomic mass is 35.5. The minimum Gasteiger partial charge on any atom is -0.325 e. The SMILES string of the molecule is C[C@@H](N[C@H]1CCCc2ccccc21)C(=O)Nc1cccc(Cl)c1. The molecule has 0 unspecified atom stereocenters. The van der Waals surface area contributed by atoms with Crippen molar-refractivity contribution in [3.8, 4) is 0 Å². The first-order valence-electron chi connectivity index (χ1n) is 8.04. The molecule has 0 saturated carbocycles. The molecule has 0 spiro atoms. The standard InChI is InChI=1S/C19H21ClN2O/c1-13(19(23)22-16-9-5-8-15(20)12-16)21-18-11-4-7-14-6-2-3-10-17(14)18/h2-3,5-6,8-10,12-13,18,21H,4,7,11H2,1H3,(H,22,23)/t13-,18+/m1/s1. The number of halogens is 1. The van der Waals surface area contributed by atoms with Gasteiger partial charge in [0.2, 0.25) is 5.91 Å². The second kappa shape index (κ2) is 7.16. The van der Waals surface area contributed by atoms with Gasteiger partial charge in [-0.25, -0.2) is 0 Å². The van der Waals surface area contributed by atoms with Crippen molar-refractivity contribution in [1.29, 1.82) is 0 Å². The molecule has 0 bridgehead atoms. The van der Waals surface area contributed by atoms with Gasteiger partial charge in [-0.05, 0) is 55.5 Å². The van der Waals surface area contributed by atoms with E-state index in [1.807, 2.05) is 19.1 Å². The van der Waals surface area contributed by atoms with Crippen molar-refractivity contribution in [2.45, 2.75) is 38.3 Å². The van der Waals surface area contributed by atoms with Crippen LogP contribution >= 0.6 is 11.6 Å². The number of benzene rings is 2. The first kappa shape index (κ1) is 16.0. The van der Waals surface area contributed by atoms with Crippen molar-refractivity contribution in [2.75, 3.05) is 5.32 Å². The number of carbonyl (C=O) groups excluding carboxylic acids is 1. The Balaban J connectivity index is 1.65. The molecule has 3 rings (SSSR count). The van der Waals surface area contributed by atoms with E-state index >= 15 is 0 Å². The van der Waals surface area contributed by atoms with Gasteiger partial charge >= 0.3 is 0 Å². The first-order valence-corrected chi connectivity index (χ1v) is 8.41. The largest absolute Gasteiger partial charge is 0.325 e. The Hall–Kier alpha value is -1.84. The maximum Gasteiger partial charge on any atom is 0.241 e. The molecule has 1 amide bonds. The van der Waals surface area contributed by atoms with Gasteiger partial charge in [-0.1, -0.05) is 41.9 Å². The number of carbonyl (C=O) groups is 1. The Labute approximate surface area is 142 Å². The summed E-state index contributed by atoms with van der Waals surface area (Å²) in [6.07, 6.45) is 3.33. The summed E-state index contributed by atoms with van der Waals surface area (Å²) in [4.78, 5) is 12.4. The second-order valence-electron chi connectivity index (χ2n) is 6.03. The van der Waals surface area contributed by atoms with E-state index < -0.39 is 0 Å². The number of nitrogens with one attached hydrogen (secondary N) is 2. The van der Waals surface area contributed by atoms with Crippen molar-refractivity contribution in [1.82, 2.24) is 5.32 Å². The van der Waals surface area contributed by atoms with Crippen molar-refractivity contribution in [2.24, 2.45) is 0 Å². The molecule has 0 aromatic heterocycles. The van der Waals surface area contributed by atoms with Crippen molar-refractivity contribution in [3.05, 3.63) is 64.7 Å².